The smallest absolute Gasteiger partial charge is 0.257 e. The number of nitrogens with zero attached hydrogens (tertiary/aromatic N) is 3. The van der Waals surface area contributed by atoms with E-state index in [1.807, 2.05) is 18.5 Å². The molecule has 0 radical (unpaired) electrons. The molecule has 1 aromatic carbocycles. The minimum Gasteiger partial charge on any atom is -0.319 e. The standard InChI is InChI=1S/C19H20N4O/c1-13-6-8-16(9-7-13)12-23-15(3)18(14(2)22-23)21-19(24)17-5-4-10-20-11-17/h4-11H,12H2,1-3H3,(H,21,24). The second kappa shape index (κ2) is 6.66. The summed E-state index contributed by atoms with van der Waals surface area (Å²) in [7, 11) is 0. The second-order valence-corrected chi connectivity index (χ2v) is 5.88. The first-order chi connectivity index (χ1) is 11.5. The molecule has 0 fully saturated rings. The normalized spacial score (nSPS) is 10.6. The maximum absolute atomic E-state index is 12.3. The maximum Gasteiger partial charge on any atom is 0.257 e. The molecule has 5 heteroatoms. The lowest BCUT2D eigenvalue weighted by molar-refractivity contribution is 0.102. The Labute approximate surface area is 141 Å². The number of amides is 1. The quantitative estimate of drug-likeness (QED) is 0.800. The van der Waals surface area contributed by atoms with Crippen molar-refractivity contribution < 1.29 is 4.79 Å². The van der Waals surface area contributed by atoms with Gasteiger partial charge in [0.2, 0.25) is 0 Å². The van der Waals surface area contributed by atoms with Crippen LogP contribution in [-0.2, 0) is 6.54 Å². The molecule has 0 unspecified atom stereocenters. The lowest BCUT2D eigenvalue weighted by Gasteiger charge is -2.07. The number of pyridine rings is 1. The predicted molar refractivity (Wildman–Crippen MR) is 94.2 cm³/mol. The third-order valence-corrected chi connectivity index (χ3v) is 4.00. The Morgan fingerprint density at radius 3 is 2.54 bits per heavy atom. The minimum atomic E-state index is -0.177. The number of hydrogen-bond donors (Lipinski definition) is 1. The fourth-order valence-electron chi connectivity index (χ4n) is 2.58. The van der Waals surface area contributed by atoms with Crippen LogP contribution in [0.15, 0.2) is 48.8 Å². The summed E-state index contributed by atoms with van der Waals surface area (Å²) in [5, 5.41) is 7.51. The molecule has 24 heavy (non-hydrogen) atoms. The van der Waals surface area contributed by atoms with Gasteiger partial charge in [-0.1, -0.05) is 29.8 Å². The molecule has 3 aromatic rings. The van der Waals surface area contributed by atoms with E-state index in [-0.39, 0.29) is 5.91 Å². The average molecular weight is 320 g/mol. The van der Waals surface area contributed by atoms with Crippen LogP contribution in [0.25, 0.3) is 0 Å². The van der Waals surface area contributed by atoms with Crippen LogP contribution in [0.5, 0.6) is 0 Å². The van der Waals surface area contributed by atoms with Crippen molar-refractivity contribution in [3.63, 3.8) is 0 Å². The van der Waals surface area contributed by atoms with E-state index >= 15 is 0 Å². The summed E-state index contributed by atoms with van der Waals surface area (Å²) in [4.78, 5) is 16.3. The average Bonchev–Trinajstić information content (AvgIpc) is 2.85. The predicted octanol–water partition coefficient (Wildman–Crippen LogP) is 3.50. The third-order valence-electron chi connectivity index (χ3n) is 4.00. The van der Waals surface area contributed by atoms with Gasteiger partial charge in [-0.15, -0.1) is 0 Å². The van der Waals surface area contributed by atoms with Crippen LogP contribution >= 0.6 is 0 Å². The van der Waals surface area contributed by atoms with Crippen LogP contribution in [0.2, 0.25) is 0 Å². The molecular formula is C19H20N4O. The topological polar surface area (TPSA) is 59.8 Å². The zero-order valence-electron chi connectivity index (χ0n) is 14.1. The highest BCUT2D eigenvalue weighted by Gasteiger charge is 2.15. The van der Waals surface area contributed by atoms with Crippen molar-refractivity contribution in [3.05, 3.63) is 76.9 Å². The van der Waals surface area contributed by atoms with E-state index in [0.717, 1.165) is 17.1 Å². The molecule has 2 heterocycles. The van der Waals surface area contributed by atoms with Gasteiger partial charge in [0.15, 0.2) is 0 Å². The van der Waals surface area contributed by atoms with Crippen molar-refractivity contribution in [2.45, 2.75) is 27.3 Å². The zero-order valence-corrected chi connectivity index (χ0v) is 14.1. The van der Waals surface area contributed by atoms with Gasteiger partial charge in [0, 0.05) is 12.4 Å². The second-order valence-electron chi connectivity index (χ2n) is 5.88. The van der Waals surface area contributed by atoms with Crippen molar-refractivity contribution in [2.24, 2.45) is 0 Å². The molecule has 2 aromatic heterocycles. The number of aromatic nitrogens is 3. The van der Waals surface area contributed by atoms with E-state index in [1.54, 1.807) is 24.5 Å². The molecule has 0 atom stereocenters. The summed E-state index contributed by atoms with van der Waals surface area (Å²) in [6, 6.07) is 11.9. The first kappa shape index (κ1) is 15.9. The Balaban J connectivity index is 1.81. The Morgan fingerprint density at radius 2 is 1.88 bits per heavy atom. The highest BCUT2D eigenvalue weighted by atomic mass is 16.1. The molecular weight excluding hydrogens is 300 g/mol. The Hall–Kier alpha value is -2.95. The summed E-state index contributed by atoms with van der Waals surface area (Å²) in [6.45, 7) is 6.61. The number of rotatable bonds is 4. The van der Waals surface area contributed by atoms with Crippen LogP contribution < -0.4 is 5.32 Å². The maximum atomic E-state index is 12.3. The van der Waals surface area contributed by atoms with E-state index in [2.05, 4.69) is 46.6 Å². The summed E-state index contributed by atoms with van der Waals surface area (Å²) in [5.74, 6) is -0.177. The molecule has 0 aliphatic heterocycles. The molecule has 0 saturated carbocycles. The summed E-state index contributed by atoms with van der Waals surface area (Å²) >= 11 is 0. The number of anilines is 1. The first-order valence-corrected chi connectivity index (χ1v) is 7.85. The van der Waals surface area contributed by atoms with E-state index < -0.39 is 0 Å². The van der Waals surface area contributed by atoms with Gasteiger partial charge in [0.1, 0.15) is 0 Å². The van der Waals surface area contributed by atoms with Gasteiger partial charge in [-0.05, 0) is 38.5 Å². The third kappa shape index (κ3) is 3.35. The number of aryl methyl sites for hydroxylation is 2. The van der Waals surface area contributed by atoms with Crippen LogP contribution in [0.3, 0.4) is 0 Å². The fraction of sp³-hybridized carbons (Fsp3) is 0.211. The van der Waals surface area contributed by atoms with Crippen LogP contribution in [0, 0.1) is 20.8 Å². The molecule has 5 nitrogen and oxygen atoms in total. The van der Waals surface area contributed by atoms with Gasteiger partial charge in [0.05, 0.1) is 29.2 Å². The fourth-order valence-corrected chi connectivity index (χ4v) is 2.58. The van der Waals surface area contributed by atoms with Gasteiger partial charge in [-0.25, -0.2) is 0 Å². The van der Waals surface area contributed by atoms with Gasteiger partial charge in [-0.3, -0.25) is 14.5 Å². The Kier molecular flexibility index (Phi) is 4.42. The van der Waals surface area contributed by atoms with Crippen molar-refractivity contribution >= 4 is 11.6 Å². The number of hydrogen-bond acceptors (Lipinski definition) is 3. The number of carbonyl (C=O) groups excluding carboxylic acids is 1. The van der Waals surface area contributed by atoms with Gasteiger partial charge < -0.3 is 5.32 Å². The van der Waals surface area contributed by atoms with E-state index in [4.69, 9.17) is 0 Å². The SMILES string of the molecule is Cc1ccc(Cn2nc(C)c(NC(=O)c3cccnc3)c2C)cc1. The number of nitrogens with one attached hydrogen (secondary N) is 1. The highest BCUT2D eigenvalue weighted by molar-refractivity contribution is 6.04. The molecule has 1 N–H and O–H groups in total. The van der Waals surface area contributed by atoms with Crippen LogP contribution in [-0.4, -0.2) is 20.7 Å². The molecule has 0 bridgehead atoms. The van der Waals surface area contributed by atoms with Gasteiger partial charge >= 0.3 is 0 Å². The van der Waals surface area contributed by atoms with Gasteiger partial charge in [-0.2, -0.15) is 5.10 Å². The van der Waals surface area contributed by atoms with Crippen molar-refractivity contribution in [1.29, 1.82) is 0 Å². The number of benzene rings is 1. The largest absolute Gasteiger partial charge is 0.319 e. The van der Waals surface area contributed by atoms with Crippen molar-refractivity contribution in [3.8, 4) is 0 Å². The van der Waals surface area contributed by atoms with E-state index in [9.17, 15) is 4.79 Å². The Morgan fingerprint density at radius 1 is 1.12 bits per heavy atom. The lowest BCUT2D eigenvalue weighted by atomic mass is 10.1. The molecule has 0 spiro atoms. The molecule has 1 amide bonds. The molecule has 3 rings (SSSR count). The zero-order chi connectivity index (χ0) is 17.1. The monoisotopic (exact) mass is 320 g/mol. The van der Waals surface area contributed by atoms with Gasteiger partial charge in [0.25, 0.3) is 5.91 Å². The molecule has 122 valence electrons. The molecule has 0 saturated heterocycles. The minimum absolute atomic E-state index is 0.177. The van der Waals surface area contributed by atoms with E-state index in [0.29, 0.717) is 12.1 Å². The van der Waals surface area contributed by atoms with E-state index in [1.165, 1.54) is 11.1 Å². The van der Waals surface area contributed by atoms with Crippen LogP contribution in [0.4, 0.5) is 5.69 Å². The summed E-state index contributed by atoms with van der Waals surface area (Å²) < 4.78 is 1.92. The highest BCUT2D eigenvalue weighted by Crippen LogP contribution is 2.21. The van der Waals surface area contributed by atoms with Crippen molar-refractivity contribution in [1.82, 2.24) is 14.8 Å². The Bertz CT molecular complexity index is 851. The molecule has 0 aliphatic rings. The molecule has 0 aliphatic carbocycles. The lowest BCUT2D eigenvalue weighted by Crippen LogP contribution is -2.13. The van der Waals surface area contributed by atoms with Crippen LogP contribution in [0.1, 0.15) is 32.9 Å². The van der Waals surface area contributed by atoms with Crippen molar-refractivity contribution in [2.75, 3.05) is 5.32 Å². The summed E-state index contributed by atoms with van der Waals surface area (Å²) in [6.07, 6.45) is 3.20. The first-order valence-electron chi connectivity index (χ1n) is 7.85. The summed E-state index contributed by atoms with van der Waals surface area (Å²) in [5.41, 5.74) is 5.44. The number of carbonyl (C=O) groups is 1.